The topological polar surface area (TPSA) is 95.0 Å². The number of carbonyl (C=O) groups is 4. The van der Waals surface area contributed by atoms with Crippen LogP contribution in [0.15, 0.2) is 29.8 Å². The van der Waals surface area contributed by atoms with Gasteiger partial charge in [0.1, 0.15) is 5.75 Å². The van der Waals surface area contributed by atoms with Crippen LogP contribution in [-0.4, -0.2) is 62.4 Å². The molecule has 10 heteroatoms. The third-order valence-electron chi connectivity index (χ3n) is 7.53. The van der Waals surface area contributed by atoms with E-state index in [1.54, 1.807) is 6.07 Å². The molecule has 2 aliphatic carbocycles. The van der Waals surface area contributed by atoms with E-state index in [2.05, 4.69) is 0 Å². The van der Waals surface area contributed by atoms with Gasteiger partial charge in [-0.3, -0.25) is 29.0 Å². The molecule has 0 spiro atoms. The summed E-state index contributed by atoms with van der Waals surface area (Å²) in [6, 6.07) is 4.28. The minimum Gasteiger partial charge on any atom is -0.508 e. The lowest BCUT2D eigenvalue weighted by molar-refractivity contribution is -0.140. The molecular weight excluding hydrogens is 479 g/mol. The fraction of sp³-hybridized carbons (Fsp3) is 0.455. The van der Waals surface area contributed by atoms with Gasteiger partial charge in [0.25, 0.3) is 11.8 Å². The molecule has 5 rings (SSSR count). The van der Waals surface area contributed by atoms with Crippen LogP contribution in [0.4, 0.5) is 0 Å². The smallest absolute Gasteiger partial charge is 0.253 e. The fourth-order valence-electron chi connectivity index (χ4n) is 6.00. The Hall–Kier alpha value is -2.09. The SMILES string of the molecule is CN1C(=O)C2CC=C3C(CC4(Cl)C(=O)N(C)C(=O)C4(Cl)C3c3ccc(O)cc3Cl)C2C1=O. The van der Waals surface area contributed by atoms with E-state index in [1.165, 1.54) is 26.2 Å². The highest BCUT2D eigenvalue weighted by molar-refractivity contribution is 6.53. The van der Waals surface area contributed by atoms with Crippen molar-refractivity contribution in [2.45, 2.75) is 28.5 Å². The molecule has 1 aromatic carbocycles. The molecule has 1 aromatic rings. The van der Waals surface area contributed by atoms with Crippen molar-refractivity contribution in [1.29, 1.82) is 0 Å². The quantitative estimate of drug-likeness (QED) is 0.366. The van der Waals surface area contributed by atoms with Crippen LogP contribution in [0.2, 0.25) is 5.02 Å². The van der Waals surface area contributed by atoms with Gasteiger partial charge in [0.15, 0.2) is 9.75 Å². The van der Waals surface area contributed by atoms with Crippen molar-refractivity contribution in [3.8, 4) is 5.75 Å². The number of amides is 4. The summed E-state index contributed by atoms with van der Waals surface area (Å²) >= 11 is 20.5. The summed E-state index contributed by atoms with van der Waals surface area (Å²) in [6.45, 7) is 0. The standard InChI is InChI=1S/C22H19Cl3N2O5/c1-26-17(29)12-6-5-10-13(15(12)18(26)30)8-21(24)19(31)27(2)20(32)22(21,25)16(10)11-4-3-9(28)7-14(11)23/h3-5,7,12-13,15-16,28H,6,8H2,1-2H3. The molecule has 4 aliphatic rings. The lowest BCUT2D eigenvalue weighted by Gasteiger charge is -2.51. The largest absolute Gasteiger partial charge is 0.508 e. The van der Waals surface area contributed by atoms with Gasteiger partial charge in [-0.15, -0.1) is 23.2 Å². The van der Waals surface area contributed by atoms with E-state index in [1.807, 2.05) is 6.08 Å². The maximum atomic E-state index is 13.3. The van der Waals surface area contributed by atoms with Crippen LogP contribution in [0.25, 0.3) is 0 Å². The summed E-state index contributed by atoms with van der Waals surface area (Å²) in [4.78, 5) is 50.5. The number of benzene rings is 1. The first-order chi connectivity index (χ1) is 14.9. The lowest BCUT2D eigenvalue weighted by atomic mass is 9.56. The number of hydrogen-bond donors (Lipinski definition) is 1. The van der Waals surface area contributed by atoms with E-state index in [4.69, 9.17) is 34.8 Å². The van der Waals surface area contributed by atoms with Crippen LogP contribution >= 0.6 is 34.8 Å². The first-order valence-corrected chi connectivity index (χ1v) is 11.3. The summed E-state index contributed by atoms with van der Waals surface area (Å²) in [5, 5.41) is 10.00. The van der Waals surface area contributed by atoms with Gasteiger partial charge in [0.05, 0.1) is 11.8 Å². The van der Waals surface area contributed by atoms with E-state index in [-0.39, 0.29) is 29.0 Å². The number of phenols is 1. The average molecular weight is 498 g/mol. The van der Waals surface area contributed by atoms with E-state index >= 15 is 0 Å². The van der Waals surface area contributed by atoms with Gasteiger partial charge in [-0.2, -0.15) is 0 Å². The predicted octanol–water partition coefficient (Wildman–Crippen LogP) is 2.66. The number of rotatable bonds is 1. The molecule has 6 atom stereocenters. The predicted molar refractivity (Wildman–Crippen MR) is 116 cm³/mol. The van der Waals surface area contributed by atoms with Gasteiger partial charge < -0.3 is 5.11 Å². The van der Waals surface area contributed by atoms with Crippen molar-refractivity contribution in [2.24, 2.45) is 17.8 Å². The zero-order valence-electron chi connectivity index (χ0n) is 17.1. The minimum absolute atomic E-state index is 0.0565. The maximum absolute atomic E-state index is 13.3. The summed E-state index contributed by atoms with van der Waals surface area (Å²) in [5.41, 5.74) is 1.08. The fourth-order valence-corrected chi connectivity index (χ4v) is 7.29. The second-order valence-corrected chi connectivity index (χ2v) is 10.6. The Bertz CT molecular complexity index is 1150. The third-order valence-corrected chi connectivity index (χ3v) is 9.27. The summed E-state index contributed by atoms with van der Waals surface area (Å²) in [7, 11) is 2.77. The Labute approximate surface area is 198 Å². The molecule has 168 valence electrons. The molecule has 3 fully saturated rings. The van der Waals surface area contributed by atoms with Crippen molar-refractivity contribution < 1.29 is 24.3 Å². The number of fused-ring (bicyclic) bond motifs is 4. The van der Waals surface area contributed by atoms with Gasteiger partial charge in [0.2, 0.25) is 11.8 Å². The van der Waals surface area contributed by atoms with Crippen LogP contribution in [0, 0.1) is 17.8 Å². The van der Waals surface area contributed by atoms with Crippen LogP contribution in [0.3, 0.4) is 0 Å². The summed E-state index contributed by atoms with van der Waals surface area (Å²) in [6.07, 6.45) is 2.08. The van der Waals surface area contributed by atoms with Crippen LogP contribution < -0.4 is 0 Å². The number of aromatic hydroxyl groups is 1. The molecule has 32 heavy (non-hydrogen) atoms. The normalized spacial score (nSPS) is 38.6. The number of likely N-dealkylation sites (tertiary alicyclic amines) is 2. The number of hydrogen-bond acceptors (Lipinski definition) is 5. The number of allylic oxidation sites excluding steroid dienone is 2. The number of phenolic OH excluding ortho intramolecular Hbond substituents is 1. The molecule has 0 radical (unpaired) electrons. The van der Waals surface area contributed by atoms with Crippen LogP contribution in [-0.2, 0) is 19.2 Å². The molecule has 7 nitrogen and oxygen atoms in total. The minimum atomic E-state index is -1.88. The Morgan fingerprint density at radius 2 is 1.69 bits per heavy atom. The molecule has 0 bridgehead atoms. The molecule has 6 unspecified atom stereocenters. The third kappa shape index (κ3) is 2.39. The zero-order chi connectivity index (χ0) is 23.3. The molecule has 0 aromatic heterocycles. The van der Waals surface area contributed by atoms with Crippen molar-refractivity contribution >= 4 is 58.4 Å². The summed E-state index contributed by atoms with van der Waals surface area (Å²) < 4.78 is 0. The van der Waals surface area contributed by atoms with E-state index in [9.17, 15) is 24.3 Å². The van der Waals surface area contributed by atoms with Crippen LogP contribution in [0.1, 0.15) is 24.3 Å². The number of alkyl halides is 2. The molecular formula is C22H19Cl3N2O5. The molecule has 4 amide bonds. The van der Waals surface area contributed by atoms with Gasteiger partial charge >= 0.3 is 0 Å². The van der Waals surface area contributed by atoms with Gasteiger partial charge in [0, 0.05) is 25.0 Å². The zero-order valence-corrected chi connectivity index (χ0v) is 19.4. The molecule has 1 saturated carbocycles. The second kappa shape index (κ2) is 6.72. The van der Waals surface area contributed by atoms with Crippen molar-refractivity contribution in [1.82, 2.24) is 9.80 Å². The molecule has 2 heterocycles. The number of nitrogens with zero attached hydrogens (tertiary/aromatic N) is 2. The lowest BCUT2D eigenvalue weighted by Crippen LogP contribution is -2.60. The monoisotopic (exact) mass is 496 g/mol. The van der Waals surface area contributed by atoms with Gasteiger partial charge in [-0.25, -0.2) is 0 Å². The first-order valence-electron chi connectivity index (χ1n) is 10.1. The molecule has 2 aliphatic heterocycles. The Morgan fingerprint density at radius 3 is 2.34 bits per heavy atom. The second-order valence-electron chi connectivity index (χ2n) is 8.94. The maximum Gasteiger partial charge on any atom is 0.253 e. The summed E-state index contributed by atoms with van der Waals surface area (Å²) in [5.74, 6) is -4.73. The Balaban J connectivity index is 1.77. The van der Waals surface area contributed by atoms with E-state index < -0.39 is 45.2 Å². The van der Waals surface area contributed by atoms with Gasteiger partial charge in [-0.05, 0) is 36.5 Å². The highest BCUT2D eigenvalue weighted by atomic mass is 35.5. The molecule has 1 N–H and O–H groups in total. The van der Waals surface area contributed by atoms with Crippen molar-refractivity contribution in [3.63, 3.8) is 0 Å². The average Bonchev–Trinajstić information content (AvgIpc) is 3.04. The Morgan fingerprint density at radius 1 is 1.00 bits per heavy atom. The van der Waals surface area contributed by atoms with E-state index in [0.717, 1.165) is 9.80 Å². The highest BCUT2D eigenvalue weighted by Gasteiger charge is 2.75. The number of halogens is 3. The van der Waals surface area contributed by atoms with Crippen molar-refractivity contribution in [3.05, 3.63) is 40.4 Å². The number of imide groups is 2. The van der Waals surface area contributed by atoms with Crippen LogP contribution in [0.5, 0.6) is 5.75 Å². The van der Waals surface area contributed by atoms with Gasteiger partial charge in [-0.1, -0.05) is 29.3 Å². The first kappa shape index (κ1) is 21.7. The van der Waals surface area contributed by atoms with E-state index in [0.29, 0.717) is 17.6 Å². The van der Waals surface area contributed by atoms with Crippen molar-refractivity contribution in [2.75, 3.05) is 14.1 Å². The molecule has 2 saturated heterocycles. The Kier molecular flexibility index (Phi) is 4.56. The number of carbonyl (C=O) groups excluding carboxylic acids is 4. The highest BCUT2D eigenvalue weighted by Crippen LogP contribution is 2.65.